The van der Waals surface area contributed by atoms with Crippen LogP contribution in [0.4, 0.5) is 0 Å². The van der Waals surface area contributed by atoms with Crippen LogP contribution in [0.3, 0.4) is 0 Å². The summed E-state index contributed by atoms with van der Waals surface area (Å²) in [6.45, 7) is 3.44. The number of H-pyrrole nitrogens is 1. The van der Waals surface area contributed by atoms with Crippen molar-refractivity contribution >= 4 is 0 Å². The summed E-state index contributed by atoms with van der Waals surface area (Å²) in [5, 5.41) is 8.20. The van der Waals surface area contributed by atoms with Gasteiger partial charge in [0.15, 0.2) is 0 Å². The van der Waals surface area contributed by atoms with Crippen LogP contribution in [0.5, 0.6) is 0 Å². The van der Waals surface area contributed by atoms with Gasteiger partial charge in [0.1, 0.15) is 5.82 Å². The second-order valence-electron chi connectivity index (χ2n) is 5.15. The van der Waals surface area contributed by atoms with Gasteiger partial charge in [0.2, 0.25) is 0 Å². The molecule has 100 valence electrons. The Kier molecular flexibility index (Phi) is 2.59. The summed E-state index contributed by atoms with van der Waals surface area (Å²) >= 11 is 0. The van der Waals surface area contributed by atoms with E-state index in [1.807, 2.05) is 10.9 Å². The number of imidazole rings is 1. The molecule has 0 spiro atoms. The molecule has 1 fully saturated rings. The molecule has 2 aromatic rings. The van der Waals surface area contributed by atoms with Gasteiger partial charge in [-0.05, 0) is 6.42 Å². The minimum atomic E-state index is 0.266. The molecule has 2 aliphatic rings. The highest BCUT2D eigenvalue weighted by molar-refractivity contribution is 5.01. The molecule has 0 aromatic carbocycles. The molecule has 0 radical (unpaired) electrons. The normalized spacial score (nSPS) is 26.9. The van der Waals surface area contributed by atoms with Gasteiger partial charge in [-0.1, -0.05) is 5.21 Å². The summed E-state index contributed by atoms with van der Waals surface area (Å²) in [5.74, 6) is 1.01. The van der Waals surface area contributed by atoms with E-state index in [1.165, 1.54) is 0 Å². The fourth-order valence-electron chi connectivity index (χ4n) is 2.98. The number of aromatic amines is 1. The Balaban J connectivity index is 1.52. The van der Waals surface area contributed by atoms with Crippen LogP contribution in [-0.4, -0.2) is 49.1 Å². The third kappa shape index (κ3) is 1.95. The third-order valence-corrected chi connectivity index (χ3v) is 3.94. The highest BCUT2D eigenvalue weighted by atomic mass is 16.5. The quantitative estimate of drug-likeness (QED) is 0.843. The van der Waals surface area contributed by atoms with Gasteiger partial charge in [0.25, 0.3) is 0 Å². The van der Waals surface area contributed by atoms with Crippen LogP contribution in [0.1, 0.15) is 24.0 Å². The first-order valence-electron chi connectivity index (χ1n) is 6.61. The molecule has 4 heterocycles. The van der Waals surface area contributed by atoms with Gasteiger partial charge in [-0.2, -0.15) is 0 Å². The van der Waals surface area contributed by atoms with E-state index >= 15 is 0 Å². The SMILES string of the molecule is c1c[nH]c(CN2CC[C@@H]3OCc4cnnn4[C@H]3C2)n1. The molecule has 0 unspecified atom stereocenters. The van der Waals surface area contributed by atoms with Gasteiger partial charge in [-0.25, -0.2) is 9.67 Å². The van der Waals surface area contributed by atoms with E-state index in [0.29, 0.717) is 6.61 Å². The van der Waals surface area contributed by atoms with Crippen molar-refractivity contribution in [1.82, 2.24) is 29.9 Å². The smallest absolute Gasteiger partial charge is 0.120 e. The monoisotopic (exact) mass is 260 g/mol. The van der Waals surface area contributed by atoms with Crippen molar-refractivity contribution in [2.24, 2.45) is 0 Å². The van der Waals surface area contributed by atoms with Crippen LogP contribution < -0.4 is 0 Å². The molecule has 2 atom stereocenters. The number of fused-ring (bicyclic) bond motifs is 3. The first kappa shape index (κ1) is 11.1. The number of hydrogen-bond acceptors (Lipinski definition) is 5. The maximum absolute atomic E-state index is 5.90. The van der Waals surface area contributed by atoms with Crippen molar-refractivity contribution in [3.63, 3.8) is 0 Å². The van der Waals surface area contributed by atoms with E-state index < -0.39 is 0 Å². The van der Waals surface area contributed by atoms with E-state index in [9.17, 15) is 0 Å². The summed E-state index contributed by atoms with van der Waals surface area (Å²) < 4.78 is 7.93. The molecular weight excluding hydrogens is 244 g/mol. The lowest BCUT2D eigenvalue weighted by Crippen LogP contribution is -2.47. The van der Waals surface area contributed by atoms with E-state index in [0.717, 1.165) is 37.6 Å². The molecule has 0 aliphatic carbocycles. The summed E-state index contributed by atoms with van der Waals surface area (Å²) in [5.41, 5.74) is 1.07. The molecule has 0 bridgehead atoms. The van der Waals surface area contributed by atoms with Crippen LogP contribution in [-0.2, 0) is 17.9 Å². The van der Waals surface area contributed by atoms with E-state index in [2.05, 4.69) is 25.2 Å². The van der Waals surface area contributed by atoms with Crippen LogP contribution in [0.25, 0.3) is 0 Å². The van der Waals surface area contributed by atoms with Crippen molar-refractivity contribution in [2.75, 3.05) is 13.1 Å². The molecular formula is C12H16N6O. The molecule has 0 amide bonds. The highest BCUT2D eigenvalue weighted by Crippen LogP contribution is 2.30. The fraction of sp³-hybridized carbons (Fsp3) is 0.583. The van der Waals surface area contributed by atoms with Gasteiger partial charge < -0.3 is 9.72 Å². The van der Waals surface area contributed by atoms with Gasteiger partial charge in [0.05, 0.1) is 37.2 Å². The van der Waals surface area contributed by atoms with E-state index in [-0.39, 0.29) is 12.1 Å². The molecule has 1 saturated heterocycles. The maximum atomic E-state index is 5.90. The standard InChI is InChI=1S/C12H16N6O/c1-4-17(7-12-13-2-3-14-12)6-10-11(1)19-8-9-5-15-16-18(9)10/h2-3,5,10-11H,1,4,6-8H2,(H,13,14)/t10-,11-/m0/s1. The lowest BCUT2D eigenvalue weighted by atomic mass is 10.0. The Morgan fingerprint density at radius 2 is 2.47 bits per heavy atom. The Labute approximate surface area is 110 Å². The number of ether oxygens (including phenoxy) is 1. The lowest BCUT2D eigenvalue weighted by Gasteiger charge is -2.40. The number of rotatable bonds is 2. The van der Waals surface area contributed by atoms with Crippen LogP contribution in [0, 0.1) is 0 Å². The molecule has 7 nitrogen and oxygen atoms in total. The topological polar surface area (TPSA) is 71.9 Å². The van der Waals surface area contributed by atoms with Crippen LogP contribution >= 0.6 is 0 Å². The molecule has 4 rings (SSSR count). The molecule has 1 N–H and O–H groups in total. The first-order chi connectivity index (χ1) is 9.40. The Morgan fingerprint density at radius 3 is 3.37 bits per heavy atom. The number of aromatic nitrogens is 5. The number of nitrogens with one attached hydrogen (secondary N) is 1. The number of hydrogen-bond donors (Lipinski definition) is 1. The highest BCUT2D eigenvalue weighted by Gasteiger charge is 2.36. The van der Waals surface area contributed by atoms with Crippen molar-refractivity contribution < 1.29 is 4.74 Å². The average Bonchev–Trinajstić information content (AvgIpc) is 3.08. The van der Waals surface area contributed by atoms with E-state index in [4.69, 9.17) is 4.74 Å². The predicted octanol–water partition coefficient (Wildman–Crippen LogP) is 0.347. The van der Waals surface area contributed by atoms with Gasteiger partial charge in [-0.3, -0.25) is 4.90 Å². The van der Waals surface area contributed by atoms with Crippen molar-refractivity contribution in [3.8, 4) is 0 Å². The van der Waals surface area contributed by atoms with Gasteiger partial charge in [-0.15, -0.1) is 5.10 Å². The first-order valence-corrected chi connectivity index (χ1v) is 6.61. The molecule has 0 saturated carbocycles. The fourth-order valence-corrected chi connectivity index (χ4v) is 2.98. The number of piperidine rings is 1. The minimum Gasteiger partial charge on any atom is -0.370 e. The Hall–Kier alpha value is -1.73. The molecule has 2 aromatic heterocycles. The molecule has 2 aliphatic heterocycles. The average molecular weight is 260 g/mol. The summed E-state index contributed by atoms with van der Waals surface area (Å²) in [6.07, 6.45) is 6.75. The number of nitrogens with zero attached hydrogens (tertiary/aromatic N) is 5. The zero-order chi connectivity index (χ0) is 12.7. The Bertz CT molecular complexity index is 550. The summed E-state index contributed by atoms with van der Waals surface area (Å²) in [7, 11) is 0. The third-order valence-electron chi connectivity index (χ3n) is 3.94. The lowest BCUT2D eigenvalue weighted by molar-refractivity contribution is -0.0672. The zero-order valence-corrected chi connectivity index (χ0v) is 10.6. The second-order valence-corrected chi connectivity index (χ2v) is 5.15. The van der Waals surface area contributed by atoms with Crippen molar-refractivity contribution in [1.29, 1.82) is 0 Å². The Morgan fingerprint density at radius 1 is 1.47 bits per heavy atom. The van der Waals surface area contributed by atoms with Crippen molar-refractivity contribution in [3.05, 3.63) is 30.1 Å². The van der Waals surface area contributed by atoms with E-state index in [1.54, 1.807) is 12.4 Å². The largest absolute Gasteiger partial charge is 0.370 e. The summed E-state index contributed by atoms with van der Waals surface area (Å²) in [4.78, 5) is 9.83. The molecule has 19 heavy (non-hydrogen) atoms. The van der Waals surface area contributed by atoms with Gasteiger partial charge in [0, 0.05) is 25.5 Å². The molecule has 7 heteroatoms. The second kappa shape index (κ2) is 4.43. The zero-order valence-electron chi connectivity index (χ0n) is 10.6. The number of likely N-dealkylation sites (tertiary alicyclic amines) is 1. The van der Waals surface area contributed by atoms with Gasteiger partial charge >= 0.3 is 0 Å². The maximum Gasteiger partial charge on any atom is 0.120 e. The van der Waals surface area contributed by atoms with Crippen molar-refractivity contribution in [2.45, 2.75) is 31.7 Å². The predicted molar refractivity (Wildman–Crippen MR) is 66.1 cm³/mol. The summed E-state index contributed by atoms with van der Waals surface area (Å²) in [6, 6.07) is 0.273. The van der Waals surface area contributed by atoms with Crippen LogP contribution in [0.2, 0.25) is 0 Å². The van der Waals surface area contributed by atoms with Crippen LogP contribution in [0.15, 0.2) is 18.6 Å². The minimum absolute atomic E-state index is 0.266.